The number of hydrogen-bond donors (Lipinski definition) is 1. The van der Waals surface area contributed by atoms with Gasteiger partial charge in [0.1, 0.15) is 0 Å². The van der Waals surface area contributed by atoms with E-state index in [0.717, 1.165) is 0 Å². The van der Waals surface area contributed by atoms with E-state index in [1.165, 1.54) is 59.1 Å². The summed E-state index contributed by atoms with van der Waals surface area (Å²) in [5.74, 6) is 0.495. The maximum atomic E-state index is 12.5. The number of carbonyl (C=O) groups excluding carboxylic acids is 2. The first kappa shape index (κ1) is 23.2. The molecule has 0 aliphatic rings. The van der Waals surface area contributed by atoms with E-state index in [9.17, 15) is 9.59 Å². The normalized spacial score (nSPS) is 10.5. The molecule has 0 aliphatic carbocycles. The lowest BCUT2D eigenvalue weighted by Gasteiger charge is -2.13. The number of amides is 1. The van der Waals surface area contributed by atoms with Crippen molar-refractivity contribution in [2.24, 2.45) is 5.10 Å². The van der Waals surface area contributed by atoms with Crippen LogP contribution in [0.5, 0.6) is 28.7 Å². The third-order valence-corrected chi connectivity index (χ3v) is 4.42. The van der Waals surface area contributed by atoms with Crippen LogP contribution in [0.15, 0.2) is 58.2 Å². The Hall–Kier alpha value is -4.47. The first-order chi connectivity index (χ1) is 16.0. The summed E-state index contributed by atoms with van der Waals surface area (Å²) in [7, 11) is 5.83. The van der Waals surface area contributed by atoms with Gasteiger partial charge in [0.25, 0.3) is 5.91 Å². The second-order valence-corrected chi connectivity index (χ2v) is 6.39. The van der Waals surface area contributed by atoms with E-state index < -0.39 is 11.9 Å². The van der Waals surface area contributed by atoms with Gasteiger partial charge in [-0.1, -0.05) is 0 Å². The number of esters is 1. The lowest BCUT2D eigenvalue weighted by molar-refractivity contribution is 0.0696. The van der Waals surface area contributed by atoms with E-state index in [1.807, 2.05) is 0 Å². The minimum Gasteiger partial charge on any atom is -0.493 e. The van der Waals surface area contributed by atoms with Crippen LogP contribution in [0.25, 0.3) is 0 Å². The second kappa shape index (κ2) is 10.7. The molecule has 1 N–H and O–H groups in total. The van der Waals surface area contributed by atoms with Crippen molar-refractivity contribution in [3.63, 3.8) is 0 Å². The number of nitrogens with zero attached hydrogens (tertiary/aromatic N) is 1. The van der Waals surface area contributed by atoms with Crippen molar-refractivity contribution in [3.8, 4) is 28.7 Å². The van der Waals surface area contributed by atoms with Gasteiger partial charge in [-0.25, -0.2) is 10.2 Å². The SMILES string of the molecule is COc1cc(C=NNC(=O)c2cc(OC)c(OC)c(OC)c2)ccc1OC(=O)c1ccco1. The van der Waals surface area contributed by atoms with Crippen LogP contribution in [0.1, 0.15) is 26.5 Å². The maximum absolute atomic E-state index is 12.5. The van der Waals surface area contributed by atoms with Gasteiger partial charge in [0, 0.05) is 5.56 Å². The van der Waals surface area contributed by atoms with Gasteiger partial charge in [-0.3, -0.25) is 4.79 Å². The van der Waals surface area contributed by atoms with E-state index in [-0.39, 0.29) is 17.1 Å². The second-order valence-electron chi connectivity index (χ2n) is 6.39. The summed E-state index contributed by atoms with van der Waals surface area (Å²) in [4.78, 5) is 24.6. The molecule has 0 fully saturated rings. The predicted octanol–water partition coefficient (Wildman–Crippen LogP) is 3.30. The largest absolute Gasteiger partial charge is 0.493 e. The summed E-state index contributed by atoms with van der Waals surface area (Å²) in [6, 6.07) is 10.9. The Kier molecular flexibility index (Phi) is 7.53. The Balaban J connectivity index is 1.71. The van der Waals surface area contributed by atoms with Gasteiger partial charge in [0.2, 0.25) is 11.5 Å². The first-order valence-corrected chi connectivity index (χ1v) is 9.57. The number of nitrogens with one attached hydrogen (secondary N) is 1. The lowest BCUT2D eigenvalue weighted by atomic mass is 10.1. The molecule has 0 saturated carbocycles. The number of carbonyl (C=O) groups is 2. The van der Waals surface area contributed by atoms with Crippen LogP contribution in [0.3, 0.4) is 0 Å². The molecule has 0 radical (unpaired) electrons. The third kappa shape index (κ3) is 5.42. The van der Waals surface area contributed by atoms with Crippen molar-refractivity contribution in [1.82, 2.24) is 5.43 Å². The van der Waals surface area contributed by atoms with Gasteiger partial charge in [-0.2, -0.15) is 5.10 Å². The van der Waals surface area contributed by atoms with Gasteiger partial charge < -0.3 is 28.1 Å². The summed E-state index contributed by atoms with van der Waals surface area (Å²) in [6.45, 7) is 0. The van der Waals surface area contributed by atoms with E-state index in [0.29, 0.717) is 28.6 Å². The summed E-state index contributed by atoms with van der Waals surface area (Å²) < 4.78 is 31.3. The molecule has 33 heavy (non-hydrogen) atoms. The topological polar surface area (TPSA) is 118 Å². The lowest BCUT2D eigenvalue weighted by Crippen LogP contribution is -2.18. The Labute approximate surface area is 189 Å². The van der Waals surface area contributed by atoms with E-state index in [1.54, 1.807) is 24.3 Å². The summed E-state index contributed by atoms with van der Waals surface area (Å²) in [5, 5.41) is 3.96. The minimum atomic E-state index is -0.655. The molecule has 3 aromatic rings. The van der Waals surface area contributed by atoms with Gasteiger partial charge >= 0.3 is 5.97 Å². The van der Waals surface area contributed by atoms with Gasteiger partial charge in [0.05, 0.1) is 40.9 Å². The summed E-state index contributed by atoms with van der Waals surface area (Å²) >= 11 is 0. The van der Waals surface area contributed by atoms with Crippen molar-refractivity contribution in [2.75, 3.05) is 28.4 Å². The molecule has 0 saturated heterocycles. The first-order valence-electron chi connectivity index (χ1n) is 9.57. The number of benzene rings is 2. The van der Waals surface area contributed by atoms with Crippen LogP contribution in [-0.4, -0.2) is 46.5 Å². The molecule has 0 unspecified atom stereocenters. The summed E-state index contributed by atoms with van der Waals surface area (Å²) in [5.41, 5.74) is 3.29. The monoisotopic (exact) mass is 454 g/mol. The van der Waals surface area contributed by atoms with Crippen molar-refractivity contribution in [2.45, 2.75) is 0 Å². The highest BCUT2D eigenvalue weighted by Gasteiger charge is 2.17. The quantitative estimate of drug-likeness (QED) is 0.227. The number of hydrogen-bond acceptors (Lipinski definition) is 9. The van der Waals surface area contributed by atoms with Gasteiger partial charge in [-0.15, -0.1) is 0 Å². The van der Waals surface area contributed by atoms with Crippen LogP contribution in [-0.2, 0) is 0 Å². The van der Waals surface area contributed by atoms with Crippen LogP contribution < -0.4 is 29.1 Å². The molecule has 2 aromatic carbocycles. The van der Waals surface area contributed by atoms with Crippen molar-refractivity contribution in [3.05, 3.63) is 65.6 Å². The molecule has 172 valence electrons. The zero-order chi connectivity index (χ0) is 23.8. The van der Waals surface area contributed by atoms with Crippen molar-refractivity contribution >= 4 is 18.1 Å². The fraction of sp³-hybridized carbons (Fsp3) is 0.174. The number of rotatable bonds is 9. The molecule has 0 bridgehead atoms. The Morgan fingerprint density at radius 2 is 1.58 bits per heavy atom. The molecular weight excluding hydrogens is 432 g/mol. The molecule has 0 spiro atoms. The predicted molar refractivity (Wildman–Crippen MR) is 118 cm³/mol. The average molecular weight is 454 g/mol. The molecule has 0 aliphatic heterocycles. The number of ether oxygens (including phenoxy) is 5. The number of furan rings is 1. The van der Waals surface area contributed by atoms with Crippen molar-refractivity contribution < 1.29 is 37.7 Å². The average Bonchev–Trinajstić information content (AvgIpc) is 3.39. The fourth-order valence-electron chi connectivity index (χ4n) is 2.84. The summed E-state index contributed by atoms with van der Waals surface area (Å²) in [6.07, 6.45) is 2.79. The van der Waals surface area contributed by atoms with Crippen LogP contribution in [0.2, 0.25) is 0 Å². The highest BCUT2D eigenvalue weighted by atomic mass is 16.6. The zero-order valence-electron chi connectivity index (χ0n) is 18.4. The minimum absolute atomic E-state index is 0.0668. The fourth-order valence-corrected chi connectivity index (χ4v) is 2.84. The molecule has 0 atom stereocenters. The Bertz CT molecular complexity index is 1130. The highest BCUT2D eigenvalue weighted by Crippen LogP contribution is 2.38. The molecule has 1 amide bonds. The standard InChI is InChI=1S/C23H22N2O8/c1-28-18-10-14(7-8-16(18)33-23(27)17-6-5-9-32-17)13-24-25-22(26)15-11-19(29-2)21(31-4)20(12-15)30-3/h5-13H,1-4H3,(H,25,26). The highest BCUT2D eigenvalue weighted by molar-refractivity contribution is 5.96. The third-order valence-electron chi connectivity index (χ3n) is 4.42. The molecule has 1 aromatic heterocycles. The smallest absolute Gasteiger partial charge is 0.379 e. The maximum Gasteiger partial charge on any atom is 0.379 e. The van der Waals surface area contributed by atoms with Gasteiger partial charge in [0.15, 0.2) is 23.0 Å². The number of hydrazone groups is 1. The van der Waals surface area contributed by atoms with Crippen LogP contribution in [0, 0.1) is 0 Å². The van der Waals surface area contributed by atoms with E-state index in [2.05, 4.69) is 10.5 Å². The van der Waals surface area contributed by atoms with E-state index >= 15 is 0 Å². The molecule has 1 heterocycles. The van der Waals surface area contributed by atoms with Crippen molar-refractivity contribution in [1.29, 1.82) is 0 Å². The van der Waals surface area contributed by atoms with Gasteiger partial charge in [-0.05, 0) is 48.0 Å². The Morgan fingerprint density at radius 3 is 2.15 bits per heavy atom. The van der Waals surface area contributed by atoms with Crippen LogP contribution in [0.4, 0.5) is 0 Å². The Morgan fingerprint density at radius 1 is 0.879 bits per heavy atom. The van der Waals surface area contributed by atoms with E-state index in [4.69, 9.17) is 28.1 Å². The van der Waals surface area contributed by atoms with Crippen LogP contribution >= 0.6 is 0 Å². The number of methoxy groups -OCH3 is 4. The molecular formula is C23H22N2O8. The zero-order valence-corrected chi connectivity index (χ0v) is 18.4. The molecule has 10 heteroatoms. The molecule has 10 nitrogen and oxygen atoms in total. The molecule has 3 rings (SSSR count).